The van der Waals surface area contributed by atoms with E-state index >= 15 is 0 Å². The third-order valence-corrected chi connectivity index (χ3v) is 4.53. The molecule has 0 aliphatic heterocycles. The highest BCUT2D eigenvalue weighted by atomic mass is 35.5. The molecule has 2 aromatic rings. The molecule has 0 aliphatic carbocycles. The third-order valence-electron chi connectivity index (χ3n) is 3.28. The number of ether oxygens (including phenoxy) is 1. The van der Waals surface area contributed by atoms with Crippen molar-refractivity contribution in [1.29, 1.82) is 0 Å². The lowest BCUT2D eigenvalue weighted by atomic mass is 10.2. The molecule has 0 fully saturated rings. The van der Waals surface area contributed by atoms with Crippen molar-refractivity contribution in [2.45, 2.75) is 32.3 Å². The second kappa shape index (κ2) is 8.35. The van der Waals surface area contributed by atoms with Gasteiger partial charge >= 0.3 is 0 Å². The van der Waals surface area contributed by atoms with Crippen LogP contribution in [0, 0.1) is 20.8 Å². The van der Waals surface area contributed by atoms with Crippen molar-refractivity contribution in [1.82, 2.24) is 9.97 Å². The molecule has 2 rings (SSSR count). The van der Waals surface area contributed by atoms with Crippen LogP contribution < -0.4 is 10.1 Å². The molecule has 0 bridgehead atoms. The first-order chi connectivity index (χ1) is 11.4. The number of benzene rings is 1. The molecule has 1 N–H and O–H groups in total. The van der Waals surface area contributed by atoms with Crippen LogP contribution in [0.2, 0.25) is 5.02 Å². The lowest BCUT2D eigenvalue weighted by Crippen LogP contribution is -2.13. The largest absolute Gasteiger partial charge is 0.495 e. The molecule has 0 radical (unpaired) electrons. The van der Waals surface area contributed by atoms with E-state index < -0.39 is 0 Å². The summed E-state index contributed by atoms with van der Waals surface area (Å²) in [6.07, 6.45) is 0.353. The highest BCUT2D eigenvalue weighted by molar-refractivity contribution is 7.99. The maximum absolute atomic E-state index is 12.1. The number of amides is 1. The molecule has 0 unspecified atom stereocenters. The Balaban J connectivity index is 1.93. The van der Waals surface area contributed by atoms with Crippen LogP contribution in [0.1, 0.15) is 23.4 Å². The van der Waals surface area contributed by atoms with Gasteiger partial charge < -0.3 is 10.1 Å². The highest BCUT2D eigenvalue weighted by Crippen LogP contribution is 2.31. The van der Waals surface area contributed by atoms with E-state index in [0.717, 1.165) is 17.0 Å². The number of methoxy groups -OCH3 is 1. The first kappa shape index (κ1) is 18.5. The Morgan fingerprint density at radius 2 is 1.88 bits per heavy atom. The van der Waals surface area contributed by atoms with Crippen molar-refractivity contribution < 1.29 is 9.53 Å². The topological polar surface area (TPSA) is 64.1 Å². The number of thioether (sulfide) groups is 1. The Morgan fingerprint density at radius 3 is 2.50 bits per heavy atom. The summed E-state index contributed by atoms with van der Waals surface area (Å²) in [5, 5.41) is 4.16. The summed E-state index contributed by atoms with van der Waals surface area (Å²) in [4.78, 5) is 20.8. The fourth-order valence-corrected chi connectivity index (χ4v) is 3.18. The van der Waals surface area contributed by atoms with E-state index in [2.05, 4.69) is 15.3 Å². The number of aryl methyl sites for hydroxylation is 3. The van der Waals surface area contributed by atoms with Gasteiger partial charge in [-0.1, -0.05) is 23.4 Å². The van der Waals surface area contributed by atoms with Crippen LogP contribution in [0.25, 0.3) is 0 Å². The van der Waals surface area contributed by atoms with Crippen LogP contribution in [-0.2, 0) is 4.79 Å². The number of nitrogens with zero attached hydrogens (tertiary/aromatic N) is 2. The van der Waals surface area contributed by atoms with Gasteiger partial charge in [0.25, 0.3) is 0 Å². The smallest absolute Gasteiger partial charge is 0.225 e. The number of hydrogen-bond acceptors (Lipinski definition) is 5. The van der Waals surface area contributed by atoms with Crippen molar-refractivity contribution in [2.75, 3.05) is 18.2 Å². The molecule has 5 nitrogen and oxygen atoms in total. The van der Waals surface area contributed by atoms with Crippen LogP contribution >= 0.6 is 23.4 Å². The van der Waals surface area contributed by atoms with Gasteiger partial charge in [0.1, 0.15) is 5.75 Å². The van der Waals surface area contributed by atoms with Gasteiger partial charge in [-0.15, -0.1) is 0 Å². The summed E-state index contributed by atoms with van der Waals surface area (Å²) in [6, 6.07) is 5.43. The van der Waals surface area contributed by atoms with Gasteiger partial charge in [-0.25, -0.2) is 9.97 Å². The normalized spacial score (nSPS) is 10.5. The van der Waals surface area contributed by atoms with E-state index in [1.807, 2.05) is 26.8 Å². The summed E-state index contributed by atoms with van der Waals surface area (Å²) >= 11 is 7.54. The molecule has 0 saturated carbocycles. The standard InChI is InChI=1S/C17H20ClN3O2S/c1-10-7-14(15(23-4)9-13(10)18)21-16(22)5-6-24-17-19-11(2)8-12(3)20-17/h7-9H,5-6H2,1-4H3,(H,21,22). The van der Waals surface area contributed by atoms with Gasteiger partial charge in [0.15, 0.2) is 5.16 Å². The number of nitrogens with one attached hydrogen (secondary N) is 1. The van der Waals surface area contributed by atoms with E-state index in [1.54, 1.807) is 19.2 Å². The molecule has 0 saturated heterocycles. The molecule has 1 aromatic heterocycles. The monoisotopic (exact) mass is 365 g/mol. The zero-order valence-corrected chi connectivity index (χ0v) is 15.7. The van der Waals surface area contributed by atoms with Crippen LogP contribution in [-0.4, -0.2) is 28.7 Å². The average molecular weight is 366 g/mol. The lowest BCUT2D eigenvalue weighted by Gasteiger charge is -2.12. The van der Waals surface area contributed by atoms with Crippen molar-refractivity contribution >= 4 is 35.0 Å². The Labute approximate surface area is 151 Å². The van der Waals surface area contributed by atoms with Crippen molar-refractivity contribution in [2.24, 2.45) is 0 Å². The number of hydrogen-bond donors (Lipinski definition) is 1. The predicted molar refractivity (Wildman–Crippen MR) is 98.2 cm³/mol. The quantitative estimate of drug-likeness (QED) is 0.614. The molecular formula is C17H20ClN3O2S. The average Bonchev–Trinajstić information content (AvgIpc) is 2.49. The van der Waals surface area contributed by atoms with E-state index in [9.17, 15) is 4.79 Å². The zero-order chi connectivity index (χ0) is 17.7. The number of anilines is 1. The van der Waals surface area contributed by atoms with Crippen LogP contribution in [0.15, 0.2) is 23.4 Å². The Bertz CT molecular complexity index is 733. The summed E-state index contributed by atoms with van der Waals surface area (Å²) in [6.45, 7) is 5.74. The van der Waals surface area contributed by atoms with Gasteiger partial charge in [0.05, 0.1) is 12.8 Å². The number of halogens is 1. The number of carbonyl (C=O) groups is 1. The van der Waals surface area contributed by atoms with Gasteiger partial charge in [-0.2, -0.15) is 0 Å². The summed E-state index contributed by atoms with van der Waals surface area (Å²) < 4.78 is 5.26. The number of aromatic nitrogens is 2. The van der Waals surface area contributed by atoms with Crippen LogP contribution in [0.5, 0.6) is 5.75 Å². The SMILES string of the molecule is COc1cc(Cl)c(C)cc1NC(=O)CCSc1nc(C)cc(C)n1. The van der Waals surface area contributed by atoms with Gasteiger partial charge in [0, 0.05) is 34.7 Å². The second-order valence-electron chi connectivity index (χ2n) is 5.38. The minimum atomic E-state index is -0.0908. The number of carbonyl (C=O) groups excluding carboxylic acids is 1. The Kier molecular flexibility index (Phi) is 6.45. The minimum Gasteiger partial charge on any atom is -0.495 e. The first-order valence-electron chi connectivity index (χ1n) is 7.48. The maximum Gasteiger partial charge on any atom is 0.225 e. The Morgan fingerprint density at radius 1 is 1.21 bits per heavy atom. The van der Waals surface area contributed by atoms with E-state index in [1.165, 1.54) is 11.8 Å². The molecule has 1 aromatic carbocycles. The van der Waals surface area contributed by atoms with Crippen molar-refractivity contribution in [3.8, 4) is 5.75 Å². The number of rotatable bonds is 6. The van der Waals surface area contributed by atoms with E-state index in [-0.39, 0.29) is 5.91 Å². The predicted octanol–water partition coefficient (Wildman–Crippen LogP) is 4.18. The lowest BCUT2D eigenvalue weighted by molar-refractivity contribution is -0.115. The molecule has 0 atom stereocenters. The fourth-order valence-electron chi connectivity index (χ4n) is 2.14. The minimum absolute atomic E-state index is 0.0908. The molecule has 1 amide bonds. The fraction of sp³-hybridized carbons (Fsp3) is 0.353. The molecule has 7 heteroatoms. The molecule has 1 heterocycles. The maximum atomic E-state index is 12.1. The zero-order valence-electron chi connectivity index (χ0n) is 14.1. The highest BCUT2D eigenvalue weighted by Gasteiger charge is 2.11. The van der Waals surface area contributed by atoms with Crippen molar-refractivity contribution in [3.63, 3.8) is 0 Å². The molecular weight excluding hydrogens is 346 g/mol. The van der Waals surface area contributed by atoms with Gasteiger partial charge in [-0.05, 0) is 38.5 Å². The van der Waals surface area contributed by atoms with E-state index in [4.69, 9.17) is 16.3 Å². The second-order valence-corrected chi connectivity index (χ2v) is 6.85. The molecule has 128 valence electrons. The summed E-state index contributed by atoms with van der Waals surface area (Å²) in [5.41, 5.74) is 3.36. The summed E-state index contributed by atoms with van der Waals surface area (Å²) in [7, 11) is 1.55. The van der Waals surface area contributed by atoms with Gasteiger partial charge in [-0.3, -0.25) is 4.79 Å². The third kappa shape index (κ3) is 5.11. The van der Waals surface area contributed by atoms with Crippen molar-refractivity contribution in [3.05, 3.63) is 40.2 Å². The molecule has 24 heavy (non-hydrogen) atoms. The molecule has 0 spiro atoms. The van der Waals surface area contributed by atoms with Crippen LogP contribution in [0.3, 0.4) is 0 Å². The van der Waals surface area contributed by atoms with Gasteiger partial charge in [0.2, 0.25) is 5.91 Å². The summed E-state index contributed by atoms with van der Waals surface area (Å²) in [5.74, 6) is 1.06. The Hall–Kier alpha value is -1.79. The first-order valence-corrected chi connectivity index (χ1v) is 8.84. The van der Waals surface area contributed by atoms with Crippen LogP contribution in [0.4, 0.5) is 5.69 Å². The molecule has 0 aliphatic rings. The van der Waals surface area contributed by atoms with E-state index in [0.29, 0.717) is 33.8 Å².